The largest absolute Gasteiger partial charge is 0.326 e. The lowest BCUT2D eigenvalue weighted by molar-refractivity contribution is 0.128. The van der Waals surface area contributed by atoms with E-state index >= 15 is 0 Å². The second kappa shape index (κ2) is 5.35. The third-order valence-corrected chi connectivity index (χ3v) is 3.00. The molecule has 0 bridgehead atoms. The van der Waals surface area contributed by atoms with E-state index in [9.17, 15) is 4.79 Å². The average Bonchev–Trinajstić information content (AvgIpc) is 2.18. The maximum Gasteiger partial charge on any atom is 0.320 e. The SMILES string of the molecule is CCN(CC)C(=O)N1CC(C)CC(N)C1. The molecule has 0 aromatic heterocycles. The Kier molecular flexibility index (Phi) is 4.39. The first kappa shape index (κ1) is 12.3. The van der Waals surface area contributed by atoms with Gasteiger partial charge in [-0.05, 0) is 26.2 Å². The fraction of sp³-hybridized carbons (Fsp3) is 0.909. The standard InChI is InChI=1S/C11H23N3O/c1-4-13(5-2)11(15)14-7-9(3)6-10(12)8-14/h9-10H,4-8,12H2,1-3H3. The van der Waals surface area contributed by atoms with Gasteiger partial charge in [-0.25, -0.2) is 4.79 Å². The van der Waals surface area contributed by atoms with Crippen molar-refractivity contribution in [3.8, 4) is 0 Å². The fourth-order valence-corrected chi connectivity index (χ4v) is 2.25. The van der Waals surface area contributed by atoms with Crippen LogP contribution in [0.15, 0.2) is 0 Å². The van der Waals surface area contributed by atoms with Crippen molar-refractivity contribution in [1.82, 2.24) is 9.80 Å². The van der Waals surface area contributed by atoms with Crippen LogP contribution >= 0.6 is 0 Å². The van der Waals surface area contributed by atoms with Gasteiger partial charge in [-0.1, -0.05) is 6.92 Å². The summed E-state index contributed by atoms with van der Waals surface area (Å²) in [4.78, 5) is 15.8. The van der Waals surface area contributed by atoms with Crippen LogP contribution in [0.1, 0.15) is 27.2 Å². The Morgan fingerprint density at radius 3 is 2.47 bits per heavy atom. The molecule has 0 radical (unpaired) electrons. The van der Waals surface area contributed by atoms with E-state index in [0.29, 0.717) is 12.5 Å². The van der Waals surface area contributed by atoms with Crippen molar-refractivity contribution >= 4 is 6.03 Å². The van der Waals surface area contributed by atoms with E-state index < -0.39 is 0 Å². The highest BCUT2D eigenvalue weighted by atomic mass is 16.2. The lowest BCUT2D eigenvalue weighted by Crippen LogP contribution is -2.53. The maximum absolute atomic E-state index is 12.0. The normalized spacial score (nSPS) is 26.5. The molecular formula is C11H23N3O. The summed E-state index contributed by atoms with van der Waals surface area (Å²) in [7, 11) is 0. The smallest absolute Gasteiger partial charge is 0.320 e. The lowest BCUT2D eigenvalue weighted by Gasteiger charge is -2.37. The molecule has 15 heavy (non-hydrogen) atoms. The number of nitrogens with two attached hydrogens (primary N) is 1. The monoisotopic (exact) mass is 213 g/mol. The molecule has 2 amide bonds. The van der Waals surface area contributed by atoms with E-state index in [1.165, 1.54) is 0 Å². The van der Waals surface area contributed by atoms with Crippen LogP contribution in [0.4, 0.5) is 4.79 Å². The summed E-state index contributed by atoms with van der Waals surface area (Å²) in [5.74, 6) is 0.522. The van der Waals surface area contributed by atoms with Crippen LogP contribution in [0.2, 0.25) is 0 Å². The first-order valence-electron chi connectivity index (χ1n) is 5.87. The average molecular weight is 213 g/mol. The van der Waals surface area contributed by atoms with Crippen molar-refractivity contribution in [3.63, 3.8) is 0 Å². The summed E-state index contributed by atoms with van der Waals surface area (Å²) in [5.41, 5.74) is 5.92. The molecule has 2 unspecified atom stereocenters. The predicted octanol–water partition coefficient (Wildman–Crippen LogP) is 1.12. The van der Waals surface area contributed by atoms with Gasteiger partial charge in [-0.2, -0.15) is 0 Å². The molecule has 1 fully saturated rings. The second-order valence-electron chi connectivity index (χ2n) is 4.46. The summed E-state index contributed by atoms with van der Waals surface area (Å²) in [5, 5.41) is 0. The maximum atomic E-state index is 12.0. The fourth-order valence-electron chi connectivity index (χ4n) is 2.25. The number of rotatable bonds is 2. The number of piperidine rings is 1. The van der Waals surface area contributed by atoms with Crippen molar-refractivity contribution in [1.29, 1.82) is 0 Å². The van der Waals surface area contributed by atoms with Crippen molar-refractivity contribution in [2.24, 2.45) is 11.7 Å². The first-order valence-corrected chi connectivity index (χ1v) is 5.87. The van der Waals surface area contributed by atoms with Gasteiger partial charge in [0, 0.05) is 32.2 Å². The molecule has 0 aromatic rings. The molecule has 1 aliphatic heterocycles. The molecule has 1 heterocycles. The van der Waals surface area contributed by atoms with Gasteiger partial charge in [0.2, 0.25) is 0 Å². The Hall–Kier alpha value is -0.770. The van der Waals surface area contributed by atoms with Gasteiger partial charge in [-0.15, -0.1) is 0 Å². The molecular weight excluding hydrogens is 190 g/mol. The molecule has 1 saturated heterocycles. The van der Waals surface area contributed by atoms with Gasteiger partial charge in [0.05, 0.1) is 0 Å². The van der Waals surface area contributed by atoms with Crippen LogP contribution in [0, 0.1) is 5.92 Å². The van der Waals surface area contributed by atoms with Crippen LogP contribution < -0.4 is 5.73 Å². The number of urea groups is 1. The van der Waals surface area contributed by atoms with Crippen LogP contribution in [0.3, 0.4) is 0 Å². The molecule has 1 aliphatic rings. The van der Waals surface area contributed by atoms with E-state index in [-0.39, 0.29) is 12.1 Å². The zero-order valence-electron chi connectivity index (χ0n) is 10.1. The van der Waals surface area contributed by atoms with Crippen molar-refractivity contribution in [2.45, 2.75) is 33.2 Å². The summed E-state index contributed by atoms with van der Waals surface area (Å²) in [6.07, 6.45) is 1.03. The van der Waals surface area contributed by atoms with Crippen LogP contribution in [0.25, 0.3) is 0 Å². The Bertz CT molecular complexity index is 206. The molecule has 2 atom stereocenters. The van der Waals surface area contributed by atoms with E-state index in [0.717, 1.165) is 26.1 Å². The Morgan fingerprint density at radius 2 is 2.00 bits per heavy atom. The van der Waals surface area contributed by atoms with Gasteiger partial charge < -0.3 is 15.5 Å². The summed E-state index contributed by atoms with van der Waals surface area (Å²) >= 11 is 0. The van der Waals surface area contributed by atoms with E-state index in [1.807, 2.05) is 23.6 Å². The summed E-state index contributed by atoms with van der Waals surface area (Å²) < 4.78 is 0. The third-order valence-electron chi connectivity index (χ3n) is 3.00. The molecule has 88 valence electrons. The predicted molar refractivity (Wildman–Crippen MR) is 61.6 cm³/mol. The highest BCUT2D eigenvalue weighted by Gasteiger charge is 2.27. The molecule has 0 spiro atoms. The van der Waals surface area contributed by atoms with Gasteiger partial charge in [0.15, 0.2) is 0 Å². The highest BCUT2D eigenvalue weighted by molar-refractivity contribution is 5.74. The molecule has 0 saturated carbocycles. The molecule has 1 rings (SSSR count). The summed E-state index contributed by atoms with van der Waals surface area (Å²) in [6, 6.07) is 0.287. The van der Waals surface area contributed by atoms with Gasteiger partial charge in [0.25, 0.3) is 0 Å². The van der Waals surface area contributed by atoms with E-state index in [1.54, 1.807) is 0 Å². The van der Waals surface area contributed by atoms with Gasteiger partial charge in [-0.3, -0.25) is 0 Å². The number of amides is 2. The van der Waals surface area contributed by atoms with Crippen molar-refractivity contribution in [3.05, 3.63) is 0 Å². The van der Waals surface area contributed by atoms with Crippen LogP contribution in [0.5, 0.6) is 0 Å². The Labute approximate surface area is 92.4 Å². The van der Waals surface area contributed by atoms with Crippen molar-refractivity contribution < 1.29 is 4.79 Å². The minimum atomic E-state index is 0.141. The molecule has 2 N–H and O–H groups in total. The van der Waals surface area contributed by atoms with E-state index in [2.05, 4.69) is 6.92 Å². The zero-order valence-corrected chi connectivity index (χ0v) is 10.1. The number of carbonyl (C=O) groups excluding carboxylic acids is 1. The number of hydrogen-bond donors (Lipinski definition) is 1. The topological polar surface area (TPSA) is 49.6 Å². The Morgan fingerprint density at radius 1 is 1.40 bits per heavy atom. The first-order chi connectivity index (χ1) is 7.08. The minimum Gasteiger partial charge on any atom is -0.326 e. The third kappa shape index (κ3) is 3.09. The summed E-state index contributed by atoms with van der Waals surface area (Å²) in [6.45, 7) is 9.28. The molecule has 4 heteroatoms. The second-order valence-corrected chi connectivity index (χ2v) is 4.46. The number of nitrogens with zero attached hydrogens (tertiary/aromatic N) is 2. The number of hydrogen-bond acceptors (Lipinski definition) is 2. The molecule has 4 nitrogen and oxygen atoms in total. The quantitative estimate of drug-likeness (QED) is 0.747. The molecule has 0 aromatic carbocycles. The lowest BCUT2D eigenvalue weighted by atomic mass is 9.97. The van der Waals surface area contributed by atoms with Crippen LogP contribution in [-0.4, -0.2) is 48.1 Å². The number of carbonyl (C=O) groups is 1. The highest BCUT2D eigenvalue weighted by Crippen LogP contribution is 2.16. The van der Waals surface area contributed by atoms with Crippen molar-refractivity contribution in [2.75, 3.05) is 26.2 Å². The minimum absolute atomic E-state index is 0.141. The van der Waals surface area contributed by atoms with Gasteiger partial charge in [0.1, 0.15) is 0 Å². The molecule has 0 aliphatic carbocycles. The Balaban J connectivity index is 2.58. The number of likely N-dealkylation sites (tertiary alicyclic amines) is 1. The zero-order chi connectivity index (χ0) is 11.4. The van der Waals surface area contributed by atoms with E-state index in [4.69, 9.17) is 5.73 Å². The van der Waals surface area contributed by atoms with Crippen LogP contribution in [-0.2, 0) is 0 Å². The van der Waals surface area contributed by atoms with Gasteiger partial charge >= 0.3 is 6.03 Å².